The van der Waals surface area contributed by atoms with E-state index in [-0.39, 0.29) is 10.7 Å². The van der Waals surface area contributed by atoms with Crippen LogP contribution in [0.5, 0.6) is 5.75 Å². The van der Waals surface area contributed by atoms with Crippen LogP contribution in [0.1, 0.15) is 24.2 Å². The lowest BCUT2D eigenvalue weighted by molar-refractivity contribution is 0.414. The van der Waals surface area contributed by atoms with E-state index in [1.54, 1.807) is 42.1 Å². The summed E-state index contributed by atoms with van der Waals surface area (Å²) in [6.45, 7) is 3.59. The average Bonchev–Trinajstić information content (AvgIpc) is 3.03. The molecular formula is C19H20FN3O3S. The van der Waals surface area contributed by atoms with Crippen molar-refractivity contribution in [3.05, 3.63) is 71.8 Å². The molecule has 0 saturated carbocycles. The Kier molecular flexibility index (Phi) is 5.29. The fourth-order valence-corrected chi connectivity index (χ4v) is 4.03. The lowest BCUT2D eigenvalue weighted by Gasteiger charge is -2.15. The first kappa shape index (κ1) is 19.1. The van der Waals surface area contributed by atoms with E-state index < -0.39 is 16.1 Å². The first-order valence-electron chi connectivity index (χ1n) is 8.28. The third-order valence-electron chi connectivity index (χ3n) is 4.29. The van der Waals surface area contributed by atoms with Crippen molar-refractivity contribution >= 4 is 10.0 Å². The van der Waals surface area contributed by atoms with E-state index in [9.17, 15) is 12.8 Å². The van der Waals surface area contributed by atoms with Crippen LogP contribution in [-0.4, -0.2) is 25.3 Å². The predicted molar refractivity (Wildman–Crippen MR) is 100.0 cm³/mol. The smallest absolute Gasteiger partial charge is 0.241 e. The van der Waals surface area contributed by atoms with Crippen molar-refractivity contribution in [2.24, 2.45) is 0 Å². The number of ether oxygens (including phenoxy) is 1. The molecule has 0 spiro atoms. The van der Waals surface area contributed by atoms with Crippen molar-refractivity contribution in [2.45, 2.75) is 24.8 Å². The highest BCUT2D eigenvalue weighted by atomic mass is 32.2. The molecular weight excluding hydrogens is 369 g/mol. The Balaban J connectivity index is 1.83. The molecule has 142 valence electrons. The van der Waals surface area contributed by atoms with Crippen LogP contribution in [0.4, 0.5) is 4.39 Å². The third kappa shape index (κ3) is 4.01. The second-order valence-electron chi connectivity index (χ2n) is 6.09. The molecule has 0 bridgehead atoms. The monoisotopic (exact) mass is 389 g/mol. The van der Waals surface area contributed by atoms with Gasteiger partial charge in [0.05, 0.1) is 23.9 Å². The number of hydrogen-bond acceptors (Lipinski definition) is 4. The molecule has 6 nitrogen and oxygen atoms in total. The van der Waals surface area contributed by atoms with E-state index in [2.05, 4.69) is 9.82 Å². The van der Waals surface area contributed by atoms with Crippen LogP contribution in [0.2, 0.25) is 0 Å². The highest BCUT2D eigenvalue weighted by molar-refractivity contribution is 7.89. The molecule has 0 aliphatic rings. The topological polar surface area (TPSA) is 73.2 Å². The molecule has 0 radical (unpaired) electrons. The van der Waals surface area contributed by atoms with E-state index in [4.69, 9.17) is 4.74 Å². The fourth-order valence-electron chi connectivity index (χ4n) is 2.81. The molecule has 2 aromatic carbocycles. The van der Waals surface area contributed by atoms with Gasteiger partial charge in [-0.15, -0.1) is 0 Å². The van der Waals surface area contributed by atoms with Gasteiger partial charge >= 0.3 is 0 Å². The van der Waals surface area contributed by atoms with Gasteiger partial charge in [-0.1, -0.05) is 0 Å². The van der Waals surface area contributed by atoms with Gasteiger partial charge in [0.15, 0.2) is 0 Å². The number of benzene rings is 2. The number of rotatable bonds is 6. The van der Waals surface area contributed by atoms with E-state index in [0.29, 0.717) is 11.4 Å². The third-order valence-corrected chi connectivity index (χ3v) is 5.84. The normalized spacial score (nSPS) is 12.7. The Hall–Kier alpha value is -2.71. The predicted octanol–water partition coefficient (Wildman–Crippen LogP) is 3.37. The van der Waals surface area contributed by atoms with Crippen LogP contribution in [0.15, 0.2) is 59.6 Å². The second kappa shape index (κ2) is 7.50. The van der Waals surface area contributed by atoms with Crippen LogP contribution in [-0.2, 0) is 10.0 Å². The van der Waals surface area contributed by atoms with Gasteiger partial charge in [0.1, 0.15) is 11.6 Å². The molecule has 1 atom stereocenters. The number of halogens is 1. The zero-order chi connectivity index (χ0) is 19.6. The number of sulfonamides is 1. The van der Waals surface area contributed by atoms with Gasteiger partial charge in [-0.2, -0.15) is 5.10 Å². The number of methoxy groups -OCH3 is 1. The molecule has 3 aromatic rings. The molecule has 0 fully saturated rings. The highest BCUT2D eigenvalue weighted by Crippen LogP contribution is 2.23. The lowest BCUT2D eigenvalue weighted by Crippen LogP contribution is -2.27. The van der Waals surface area contributed by atoms with Crippen LogP contribution < -0.4 is 9.46 Å². The summed E-state index contributed by atoms with van der Waals surface area (Å²) in [6, 6.07) is 11.6. The molecule has 1 N–H and O–H groups in total. The maximum absolute atomic E-state index is 13.1. The Bertz CT molecular complexity index is 1030. The van der Waals surface area contributed by atoms with Crippen LogP contribution >= 0.6 is 0 Å². The summed E-state index contributed by atoms with van der Waals surface area (Å²) in [6.07, 6.45) is 1.61. The molecule has 1 heterocycles. The van der Waals surface area contributed by atoms with Crippen molar-refractivity contribution in [1.29, 1.82) is 0 Å². The van der Waals surface area contributed by atoms with Gasteiger partial charge in [-0.25, -0.2) is 22.2 Å². The minimum Gasteiger partial charge on any atom is -0.497 e. The molecule has 1 aromatic heterocycles. The van der Waals surface area contributed by atoms with Crippen molar-refractivity contribution < 1.29 is 17.5 Å². The molecule has 1 unspecified atom stereocenters. The van der Waals surface area contributed by atoms with Crippen LogP contribution in [0.25, 0.3) is 5.69 Å². The Morgan fingerprint density at radius 3 is 2.33 bits per heavy atom. The Labute approximate surface area is 157 Å². The van der Waals surface area contributed by atoms with Gasteiger partial charge in [-0.3, -0.25) is 0 Å². The maximum Gasteiger partial charge on any atom is 0.241 e. The largest absolute Gasteiger partial charge is 0.497 e. The number of aromatic nitrogens is 2. The van der Waals surface area contributed by atoms with Crippen molar-refractivity contribution in [3.8, 4) is 11.4 Å². The minimum atomic E-state index is -3.70. The molecule has 0 amide bonds. The first-order valence-corrected chi connectivity index (χ1v) is 9.77. The Morgan fingerprint density at radius 1 is 1.11 bits per heavy atom. The average molecular weight is 389 g/mol. The van der Waals surface area contributed by atoms with E-state index in [0.717, 1.165) is 11.3 Å². The van der Waals surface area contributed by atoms with E-state index >= 15 is 0 Å². The molecule has 0 aliphatic heterocycles. The fraction of sp³-hybridized carbons (Fsp3) is 0.211. The SMILES string of the molecule is COc1ccc(S(=O)(=O)NC(C)c2cnn(-c3ccc(F)cc3)c2C)cc1. The lowest BCUT2D eigenvalue weighted by atomic mass is 10.1. The molecule has 0 aliphatic carbocycles. The van der Waals surface area contributed by atoms with Crippen molar-refractivity contribution in [3.63, 3.8) is 0 Å². The quantitative estimate of drug-likeness (QED) is 0.702. The summed E-state index contributed by atoms with van der Waals surface area (Å²) in [7, 11) is -2.18. The summed E-state index contributed by atoms with van der Waals surface area (Å²) in [4.78, 5) is 0.152. The summed E-state index contributed by atoms with van der Waals surface area (Å²) < 4.78 is 47.7. The van der Waals surface area contributed by atoms with Gasteiger partial charge in [0, 0.05) is 17.3 Å². The molecule has 8 heteroatoms. The number of nitrogens with zero attached hydrogens (tertiary/aromatic N) is 2. The zero-order valence-electron chi connectivity index (χ0n) is 15.2. The van der Waals surface area contributed by atoms with E-state index in [1.165, 1.54) is 31.4 Å². The summed E-state index contributed by atoms with van der Waals surface area (Å²) in [5.74, 6) is 0.253. The number of hydrogen-bond donors (Lipinski definition) is 1. The Morgan fingerprint density at radius 2 is 1.74 bits per heavy atom. The van der Waals surface area contributed by atoms with Gasteiger partial charge in [-0.05, 0) is 62.4 Å². The molecule has 3 rings (SSSR count). The van der Waals surface area contributed by atoms with Crippen LogP contribution in [0, 0.1) is 12.7 Å². The van der Waals surface area contributed by atoms with Gasteiger partial charge in [0.2, 0.25) is 10.0 Å². The van der Waals surface area contributed by atoms with E-state index in [1.807, 2.05) is 6.92 Å². The standard InChI is InChI=1S/C19H20FN3O3S/c1-13(22-27(24,25)18-10-8-17(26-3)9-11-18)19-12-21-23(14(19)2)16-6-4-15(20)5-7-16/h4-13,22H,1-3H3. The second-order valence-corrected chi connectivity index (χ2v) is 7.81. The van der Waals surface area contributed by atoms with Crippen molar-refractivity contribution in [2.75, 3.05) is 7.11 Å². The van der Waals surface area contributed by atoms with Gasteiger partial charge < -0.3 is 4.74 Å². The minimum absolute atomic E-state index is 0.152. The first-order chi connectivity index (χ1) is 12.8. The molecule has 27 heavy (non-hydrogen) atoms. The summed E-state index contributed by atoms with van der Waals surface area (Å²) in [5, 5.41) is 4.31. The zero-order valence-corrected chi connectivity index (χ0v) is 16.0. The summed E-state index contributed by atoms with van der Waals surface area (Å²) >= 11 is 0. The highest BCUT2D eigenvalue weighted by Gasteiger charge is 2.21. The summed E-state index contributed by atoms with van der Waals surface area (Å²) in [5.41, 5.74) is 2.20. The van der Waals surface area contributed by atoms with Crippen LogP contribution in [0.3, 0.4) is 0 Å². The van der Waals surface area contributed by atoms with Crippen molar-refractivity contribution in [1.82, 2.24) is 14.5 Å². The molecule has 0 saturated heterocycles. The van der Waals surface area contributed by atoms with Gasteiger partial charge in [0.25, 0.3) is 0 Å². The maximum atomic E-state index is 13.1. The number of nitrogens with one attached hydrogen (secondary N) is 1.